The van der Waals surface area contributed by atoms with Crippen LogP contribution in [0.1, 0.15) is 17.3 Å². The van der Waals surface area contributed by atoms with E-state index in [-0.39, 0.29) is 5.15 Å². The Morgan fingerprint density at radius 1 is 1.35 bits per heavy atom. The van der Waals surface area contributed by atoms with Crippen molar-refractivity contribution in [1.29, 1.82) is 0 Å². The van der Waals surface area contributed by atoms with Crippen LogP contribution >= 0.6 is 11.6 Å². The second-order valence-corrected chi connectivity index (χ2v) is 12.4. The van der Waals surface area contributed by atoms with Crippen LogP contribution in [-0.2, 0) is 16.2 Å². The largest absolute Gasteiger partial charge is 0.462 e. The van der Waals surface area contributed by atoms with Gasteiger partial charge in [-0.15, -0.1) is 0 Å². The average Bonchev–Trinajstić information content (AvgIpc) is 2.83. The molecule has 126 valence electrons. The van der Waals surface area contributed by atoms with E-state index >= 15 is 0 Å². The molecule has 0 saturated heterocycles. The van der Waals surface area contributed by atoms with Crippen molar-refractivity contribution in [1.82, 2.24) is 14.5 Å². The second-order valence-electron chi connectivity index (χ2n) is 6.44. The smallest absolute Gasteiger partial charge is 0.340 e. The molecule has 0 saturated carbocycles. The molecule has 0 amide bonds. The van der Waals surface area contributed by atoms with Crippen LogP contribution in [0.3, 0.4) is 0 Å². The Labute approximate surface area is 141 Å². The van der Waals surface area contributed by atoms with Gasteiger partial charge in [-0.3, -0.25) is 0 Å². The van der Waals surface area contributed by atoms with E-state index in [0.29, 0.717) is 36.5 Å². The number of hydrogen-bond acceptors (Lipinski definition) is 5. The van der Waals surface area contributed by atoms with Crippen molar-refractivity contribution in [2.24, 2.45) is 0 Å². The predicted octanol–water partition coefficient (Wildman–Crippen LogP) is 3.57. The number of carbonyl (C=O) groups is 1. The number of rotatable bonds is 7. The molecule has 0 aliphatic heterocycles. The molecule has 0 unspecified atom stereocenters. The number of ether oxygens (including phenoxy) is 2. The van der Waals surface area contributed by atoms with Crippen molar-refractivity contribution >= 4 is 36.7 Å². The van der Waals surface area contributed by atoms with E-state index in [9.17, 15) is 4.79 Å². The highest BCUT2D eigenvalue weighted by Gasteiger charge is 2.20. The zero-order valence-electron chi connectivity index (χ0n) is 13.9. The molecule has 0 aliphatic carbocycles. The third-order valence-corrected chi connectivity index (χ3v) is 5.32. The SMILES string of the molecule is CCOC(=O)c1cn(COCC[Si](C)(C)C)c2ncnc(Cl)c12. The highest BCUT2D eigenvalue weighted by atomic mass is 35.5. The fourth-order valence-corrected chi connectivity index (χ4v) is 3.08. The molecule has 8 heteroatoms. The van der Waals surface area contributed by atoms with E-state index in [4.69, 9.17) is 21.1 Å². The van der Waals surface area contributed by atoms with Crippen molar-refractivity contribution in [2.45, 2.75) is 39.3 Å². The molecule has 2 aromatic rings. The molecule has 0 fully saturated rings. The van der Waals surface area contributed by atoms with Gasteiger partial charge < -0.3 is 14.0 Å². The van der Waals surface area contributed by atoms with Crippen molar-refractivity contribution in [2.75, 3.05) is 13.2 Å². The molecule has 0 radical (unpaired) electrons. The highest BCUT2D eigenvalue weighted by molar-refractivity contribution is 6.76. The molecule has 0 atom stereocenters. The first-order valence-corrected chi connectivity index (χ1v) is 11.7. The van der Waals surface area contributed by atoms with E-state index in [2.05, 4.69) is 29.6 Å². The first-order valence-electron chi connectivity index (χ1n) is 7.57. The van der Waals surface area contributed by atoms with E-state index in [1.807, 2.05) is 0 Å². The number of fused-ring (bicyclic) bond motifs is 1. The van der Waals surface area contributed by atoms with Crippen LogP contribution < -0.4 is 0 Å². The van der Waals surface area contributed by atoms with Crippen LogP contribution in [0.15, 0.2) is 12.5 Å². The lowest BCUT2D eigenvalue weighted by Crippen LogP contribution is -2.22. The van der Waals surface area contributed by atoms with Crippen molar-refractivity contribution < 1.29 is 14.3 Å². The summed E-state index contributed by atoms with van der Waals surface area (Å²) in [5.74, 6) is -0.435. The Balaban J connectivity index is 2.23. The Morgan fingerprint density at radius 3 is 2.74 bits per heavy atom. The highest BCUT2D eigenvalue weighted by Crippen LogP contribution is 2.26. The molecule has 2 aromatic heterocycles. The van der Waals surface area contributed by atoms with Gasteiger partial charge in [0.2, 0.25) is 0 Å². The first kappa shape index (κ1) is 17.9. The quantitative estimate of drug-likeness (QED) is 0.329. The standard InChI is InChI=1S/C15H22ClN3O3Si/c1-5-22-15(20)11-8-19(10-21-6-7-23(2,3)4)14-12(11)13(16)17-9-18-14/h8-9H,5-7,10H2,1-4H3. The number of halogens is 1. The second kappa shape index (κ2) is 7.42. The van der Waals surface area contributed by atoms with Gasteiger partial charge in [-0.2, -0.15) is 0 Å². The van der Waals surface area contributed by atoms with Crippen LogP contribution in [0.2, 0.25) is 30.8 Å². The van der Waals surface area contributed by atoms with Crippen LogP contribution in [-0.4, -0.2) is 41.8 Å². The zero-order valence-corrected chi connectivity index (χ0v) is 15.7. The minimum absolute atomic E-state index is 0.235. The Kier molecular flexibility index (Phi) is 5.77. The molecule has 0 spiro atoms. The zero-order chi connectivity index (χ0) is 17.0. The van der Waals surface area contributed by atoms with Crippen LogP contribution in [0.25, 0.3) is 11.0 Å². The maximum Gasteiger partial charge on any atom is 0.340 e. The molecule has 0 bridgehead atoms. The normalized spacial score (nSPS) is 11.9. The van der Waals surface area contributed by atoms with Gasteiger partial charge in [0.05, 0.1) is 17.6 Å². The summed E-state index contributed by atoms with van der Waals surface area (Å²) in [6.07, 6.45) is 3.04. The number of hydrogen-bond donors (Lipinski definition) is 0. The molecule has 6 nitrogen and oxygen atoms in total. The lowest BCUT2D eigenvalue weighted by atomic mass is 10.2. The maximum atomic E-state index is 12.1. The molecule has 0 aliphatic rings. The fourth-order valence-electron chi connectivity index (χ4n) is 2.09. The summed E-state index contributed by atoms with van der Waals surface area (Å²) in [7, 11) is -1.14. The van der Waals surface area contributed by atoms with Gasteiger partial charge in [-0.05, 0) is 13.0 Å². The molecular formula is C15H22ClN3O3Si. The number of esters is 1. The molecule has 2 heterocycles. The van der Waals surface area contributed by atoms with Crippen molar-refractivity contribution in [3.05, 3.63) is 23.2 Å². The fraction of sp³-hybridized carbons (Fsp3) is 0.533. The van der Waals surface area contributed by atoms with Crippen LogP contribution in [0.5, 0.6) is 0 Å². The van der Waals surface area contributed by atoms with E-state index < -0.39 is 14.0 Å². The lowest BCUT2D eigenvalue weighted by Gasteiger charge is -2.15. The van der Waals surface area contributed by atoms with Gasteiger partial charge >= 0.3 is 5.97 Å². The Morgan fingerprint density at radius 2 is 2.09 bits per heavy atom. The van der Waals surface area contributed by atoms with Gasteiger partial charge in [0, 0.05) is 20.9 Å². The molecule has 0 aromatic carbocycles. The Bertz CT molecular complexity index is 697. The molecular weight excluding hydrogens is 334 g/mol. The van der Waals surface area contributed by atoms with Gasteiger partial charge in [0.25, 0.3) is 0 Å². The summed E-state index contributed by atoms with van der Waals surface area (Å²) in [6.45, 7) is 9.95. The van der Waals surface area contributed by atoms with Gasteiger partial charge in [-0.1, -0.05) is 31.2 Å². The topological polar surface area (TPSA) is 66.2 Å². The summed E-state index contributed by atoms with van der Waals surface area (Å²) in [6, 6.07) is 1.08. The number of aromatic nitrogens is 3. The maximum absolute atomic E-state index is 12.1. The van der Waals surface area contributed by atoms with Crippen molar-refractivity contribution in [3.8, 4) is 0 Å². The summed E-state index contributed by atoms with van der Waals surface area (Å²) in [5.41, 5.74) is 0.933. The minimum Gasteiger partial charge on any atom is -0.462 e. The summed E-state index contributed by atoms with van der Waals surface area (Å²) in [5, 5.41) is 0.736. The third kappa shape index (κ3) is 4.52. The summed E-state index contributed by atoms with van der Waals surface area (Å²) >= 11 is 6.13. The Hall–Kier alpha value is -1.44. The molecule has 23 heavy (non-hydrogen) atoms. The lowest BCUT2D eigenvalue weighted by molar-refractivity contribution is 0.0527. The van der Waals surface area contributed by atoms with Crippen LogP contribution in [0, 0.1) is 0 Å². The number of carbonyl (C=O) groups excluding carboxylic acids is 1. The average molecular weight is 356 g/mol. The minimum atomic E-state index is -1.14. The first-order chi connectivity index (χ1) is 10.8. The van der Waals surface area contributed by atoms with Gasteiger partial charge in [-0.25, -0.2) is 14.8 Å². The summed E-state index contributed by atoms with van der Waals surface area (Å²) < 4.78 is 12.6. The summed E-state index contributed by atoms with van der Waals surface area (Å²) in [4.78, 5) is 20.3. The van der Waals surface area contributed by atoms with E-state index in [0.717, 1.165) is 6.04 Å². The van der Waals surface area contributed by atoms with E-state index in [1.165, 1.54) is 6.33 Å². The van der Waals surface area contributed by atoms with Gasteiger partial charge in [0.1, 0.15) is 23.9 Å². The monoisotopic (exact) mass is 355 g/mol. The predicted molar refractivity (Wildman–Crippen MR) is 92.6 cm³/mol. The molecule has 2 rings (SSSR count). The van der Waals surface area contributed by atoms with Crippen LogP contribution in [0.4, 0.5) is 0 Å². The number of nitrogens with zero attached hydrogens (tertiary/aromatic N) is 3. The van der Waals surface area contributed by atoms with Crippen molar-refractivity contribution in [3.63, 3.8) is 0 Å². The molecule has 0 N–H and O–H groups in total. The van der Waals surface area contributed by atoms with E-state index in [1.54, 1.807) is 17.7 Å². The third-order valence-electron chi connectivity index (χ3n) is 3.33. The van der Waals surface area contributed by atoms with Gasteiger partial charge in [0.15, 0.2) is 0 Å².